The van der Waals surface area contributed by atoms with Gasteiger partial charge in [0.15, 0.2) is 5.13 Å². The Balaban J connectivity index is 1.59. The number of amides is 1. The first-order valence-corrected chi connectivity index (χ1v) is 12.6. The molecule has 0 aliphatic carbocycles. The second-order valence-electron chi connectivity index (χ2n) is 7.31. The molecule has 32 heavy (non-hydrogen) atoms. The van der Waals surface area contributed by atoms with Crippen LogP contribution >= 0.6 is 11.3 Å². The van der Waals surface area contributed by atoms with E-state index in [0.717, 1.165) is 22.2 Å². The number of nitrogens with zero attached hydrogens (tertiary/aromatic N) is 2. The van der Waals surface area contributed by atoms with Crippen LogP contribution in [0.15, 0.2) is 58.9 Å². The van der Waals surface area contributed by atoms with E-state index in [-0.39, 0.29) is 10.5 Å². The Morgan fingerprint density at radius 2 is 1.91 bits per heavy atom. The third-order valence-corrected chi connectivity index (χ3v) is 8.31. The minimum absolute atomic E-state index is 0.146. The van der Waals surface area contributed by atoms with E-state index >= 15 is 0 Å². The molecule has 2 N–H and O–H groups in total. The van der Waals surface area contributed by atoms with Crippen LogP contribution in [0.2, 0.25) is 0 Å². The molecule has 1 amide bonds. The zero-order valence-electron chi connectivity index (χ0n) is 18.0. The van der Waals surface area contributed by atoms with Crippen molar-refractivity contribution in [2.45, 2.75) is 25.7 Å². The van der Waals surface area contributed by atoms with Gasteiger partial charge in [-0.1, -0.05) is 38.1 Å². The van der Waals surface area contributed by atoms with Crippen molar-refractivity contribution in [2.75, 3.05) is 18.4 Å². The van der Waals surface area contributed by atoms with Crippen LogP contribution in [-0.4, -0.2) is 41.7 Å². The quantitative estimate of drug-likeness (QED) is 0.404. The van der Waals surface area contributed by atoms with E-state index in [2.05, 4.69) is 15.3 Å². The number of carbonyl (C=O) groups excluding carboxylic acids is 1. The van der Waals surface area contributed by atoms with Gasteiger partial charge in [0.05, 0.1) is 10.6 Å². The third kappa shape index (κ3) is 4.06. The van der Waals surface area contributed by atoms with E-state index in [0.29, 0.717) is 23.8 Å². The summed E-state index contributed by atoms with van der Waals surface area (Å²) in [7, 11) is -3.67. The summed E-state index contributed by atoms with van der Waals surface area (Å²) in [6.07, 6.45) is 1.90. The molecule has 0 fully saturated rings. The van der Waals surface area contributed by atoms with Gasteiger partial charge in [-0.2, -0.15) is 4.31 Å². The number of sulfonamides is 1. The molecule has 0 aliphatic heterocycles. The number of aromatic amines is 1. The number of thiazole rings is 1. The van der Waals surface area contributed by atoms with Crippen molar-refractivity contribution in [3.05, 3.63) is 65.2 Å². The highest BCUT2D eigenvalue weighted by Crippen LogP contribution is 2.31. The maximum absolute atomic E-state index is 13.0. The van der Waals surface area contributed by atoms with Crippen LogP contribution in [0.5, 0.6) is 0 Å². The van der Waals surface area contributed by atoms with E-state index < -0.39 is 15.9 Å². The first-order chi connectivity index (χ1) is 15.3. The van der Waals surface area contributed by atoms with E-state index in [1.54, 1.807) is 32.9 Å². The van der Waals surface area contributed by atoms with Gasteiger partial charge in [0.25, 0.3) is 5.91 Å². The zero-order valence-corrected chi connectivity index (χ0v) is 19.7. The minimum atomic E-state index is -3.67. The topological polar surface area (TPSA) is 95.2 Å². The van der Waals surface area contributed by atoms with Gasteiger partial charge in [-0.05, 0) is 30.7 Å². The molecule has 0 radical (unpaired) electrons. The summed E-state index contributed by atoms with van der Waals surface area (Å²) in [5.41, 5.74) is 3.61. The highest BCUT2D eigenvalue weighted by molar-refractivity contribution is 7.89. The molecule has 166 valence electrons. The van der Waals surface area contributed by atoms with Crippen molar-refractivity contribution in [2.24, 2.45) is 0 Å². The molecule has 4 rings (SSSR count). The fourth-order valence-electron chi connectivity index (χ4n) is 3.63. The lowest BCUT2D eigenvalue weighted by atomic mass is 10.1. The number of aryl methyl sites for hydroxylation is 1. The van der Waals surface area contributed by atoms with Crippen molar-refractivity contribution in [3.63, 3.8) is 0 Å². The zero-order chi connectivity index (χ0) is 22.9. The second-order valence-corrected chi connectivity index (χ2v) is 10.1. The Morgan fingerprint density at radius 3 is 2.66 bits per heavy atom. The number of fused-ring (bicyclic) bond motifs is 1. The van der Waals surface area contributed by atoms with Gasteiger partial charge in [0.2, 0.25) is 10.0 Å². The number of anilines is 1. The van der Waals surface area contributed by atoms with E-state index in [9.17, 15) is 13.2 Å². The number of benzene rings is 2. The summed E-state index contributed by atoms with van der Waals surface area (Å²) in [4.78, 5) is 20.8. The summed E-state index contributed by atoms with van der Waals surface area (Å²) in [5.74, 6) is -0.402. The number of aromatic nitrogens is 2. The monoisotopic (exact) mass is 468 g/mol. The lowest BCUT2D eigenvalue weighted by molar-refractivity contribution is 0.102. The van der Waals surface area contributed by atoms with Crippen LogP contribution in [0.25, 0.3) is 22.2 Å². The largest absolute Gasteiger partial charge is 0.360 e. The number of H-pyrrole nitrogens is 1. The molecule has 0 atom stereocenters. The Bertz CT molecular complexity index is 1390. The maximum Gasteiger partial charge on any atom is 0.257 e. The summed E-state index contributed by atoms with van der Waals surface area (Å²) < 4.78 is 27.3. The second kappa shape index (κ2) is 8.85. The van der Waals surface area contributed by atoms with Crippen LogP contribution in [0.1, 0.15) is 29.8 Å². The number of para-hydroxylation sites is 1. The Morgan fingerprint density at radius 1 is 1.16 bits per heavy atom. The molecule has 0 spiro atoms. The van der Waals surface area contributed by atoms with E-state index in [4.69, 9.17) is 0 Å². The van der Waals surface area contributed by atoms with Gasteiger partial charge in [0, 0.05) is 46.7 Å². The van der Waals surface area contributed by atoms with Gasteiger partial charge >= 0.3 is 0 Å². The normalized spacial score (nSPS) is 11.9. The Hall–Kier alpha value is -3.01. The van der Waals surface area contributed by atoms with Gasteiger partial charge in [-0.3, -0.25) is 10.1 Å². The van der Waals surface area contributed by atoms with Crippen molar-refractivity contribution < 1.29 is 13.2 Å². The summed E-state index contributed by atoms with van der Waals surface area (Å²) in [6.45, 7) is 6.04. The van der Waals surface area contributed by atoms with Gasteiger partial charge < -0.3 is 4.98 Å². The number of nitrogens with one attached hydrogen (secondary N) is 2. The molecular weight excluding hydrogens is 444 g/mol. The predicted octanol–water partition coefficient (Wildman–Crippen LogP) is 4.88. The molecule has 2 heterocycles. The van der Waals surface area contributed by atoms with Crippen LogP contribution < -0.4 is 5.32 Å². The number of carbonyl (C=O) groups is 1. The Kier molecular flexibility index (Phi) is 6.14. The fourth-order valence-corrected chi connectivity index (χ4v) is 6.04. The summed E-state index contributed by atoms with van der Waals surface area (Å²) >= 11 is 1.32. The minimum Gasteiger partial charge on any atom is -0.360 e. The molecule has 0 unspecified atom stereocenters. The van der Waals surface area contributed by atoms with Crippen LogP contribution in [-0.2, 0) is 10.0 Å². The highest BCUT2D eigenvalue weighted by Gasteiger charge is 2.25. The molecule has 2 aromatic heterocycles. The first kappa shape index (κ1) is 22.2. The average Bonchev–Trinajstić information content (AvgIpc) is 3.41. The first-order valence-electron chi connectivity index (χ1n) is 10.3. The van der Waals surface area contributed by atoms with Crippen LogP contribution in [0.3, 0.4) is 0 Å². The Labute approximate surface area is 191 Å². The van der Waals surface area contributed by atoms with Crippen LogP contribution in [0.4, 0.5) is 5.13 Å². The molecule has 0 bridgehead atoms. The van der Waals surface area contributed by atoms with Crippen molar-refractivity contribution in [1.82, 2.24) is 14.3 Å². The van der Waals surface area contributed by atoms with Crippen molar-refractivity contribution in [1.29, 1.82) is 0 Å². The lowest BCUT2D eigenvalue weighted by Gasteiger charge is -2.20. The highest BCUT2D eigenvalue weighted by atomic mass is 32.2. The lowest BCUT2D eigenvalue weighted by Crippen LogP contribution is -2.31. The molecule has 7 nitrogen and oxygen atoms in total. The number of hydrogen-bond acceptors (Lipinski definition) is 5. The molecule has 0 aliphatic rings. The number of rotatable bonds is 7. The molecule has 9 heteroatoms. The third-order valence-electron chi connectivity index (χ3n) is 5.36. The summed E-state index contributed by atoms with van der Waals surface area (Å²) in [5, 5.41) is 6.18. The molecule has 0 saturated carbocycles. The van der Waals surface area contributed by atoms with Crippen LogP contribution in [0, 0.1) is 6.92 Å². The van der Waals surface area contributed by atoms with E-state index in [1.165, 1.54) is 21.7 Å². The summed E-state index contributed by atoms with van der Waals surface area (Å²) in [6, 6.07) is 12.7. The SMILES string of the molecule is CCN(CC)S(=O)(=O)c1cc(C(=O)Nc2nc(-c3c[nH]c4ccccc34)cs2)ccc1C. The van der Waals surface area contributed by atoms with Gasteiger partial charge in [-0.15, -0.1) is 11.3 Å². The van der Waals surface area contributed by atoms with Gasteiger partial charge in [0.1, 0.15) is 0 Å². The maximum atomic E-state index is 13.0. The average molecular weight is 469 g/mol. The predicted molar refractivity (Wildman–Crippen MR) is 129 cm³/mol. The number of hydrogen-bond donors (Lipinski definition) is 2. The van der Waals surface area contributed by atoms with Crippen molar-refractivity contribution in [3.8, 4) is 11.3 Å². The standard InChI is InChI=1S/C23H24N4O3S2/c1-4-27(5-2)32(29,30)21-12-16(11-10-15(21)3)22(28)26-23-25-20(14-31-23)18-13-24-19-9-7-6-8-17(18)19/h6-14,24H,4-5H2,1-3H3,(H,25,26,28). The van der Waals surface area contributed by atoms with E-state index in [1.807, 2.05) is 35.8 Å². The van der Waals surface area contributed by atoms with Gasteiger partial charge in [-0.25, -0.2) is 13.4 Å². The smallest absolute Gasteiger partial charge is 0.257 e. The fraction of sp³-hybridized carbons (Fsp3) is 0.217. The molecule has 2 aromatic carbocycles. The molecule has 4 aromatic rings. The molecule has 0 saturated heterocycles. The molecular formula is C23H24N4O3S2. The van der Waals surface area contributed by atoms with Crippen molar-refractivity contribution >= 4 is 43.3 Å².